The maximum absolute atomic E-state index is 11.8. The van der Waals surface area contributed by atoms with Crippen molar-refractivity contribution in [3.05, 3.63) is 33.8 Å². The molecule has 5 heteroatoms. The predicted octanol–water partition coefficient (Wildman–Crippen LogP) is 2.72. The van der Waals surface area contributed by atoms with Gasteiger partial charge in [-0.3, -0.25) is 0 Å². The van der Waals surface area contributed by atoms with Crippen LogP contribution in [0.1, 0.15) is 44.6 Å². The van der Waals surface area contributed by atoms with Crippen LogP contribution in [0.5, 0.6) is 0 Å². The highest BCUT2D eigenvalue weighted by atomic mass is 16.6. The third-order valence-corrected chi connectivity index (χ3v) is 2.40. The van der Waals surface area contributed by atoms with Crippen molar-refractivity contribution in [2.24, 2.45) is 0 Å². The minimum absolute atomic E-state index is 0.0822. The zero-order valence-corrected chi connectivity index (χ0v) is 10.9. The van der Waals surface area contributed by atoms with E-state index < -0.39 is 5.82 Å². The number of aryl methyl sites for hydroxylation is 1. The van der Waals surface area contributed by atoms with Gasteiger partial charge in [-0.25, -0.2) is 9.59 Å². The molecule has 0 radical (unpaired) electrons. The summed E-state index contributed by atoms with van der Waals surface area (Å²) in [6, 6.07) is 0. The summed E-state index contributed by atoms with van der Waals surface area (Å²) in [6.45, 7) is 5.46. The van der Waals surface area contributed by atoms with Crippen molar-refractivity contribution in [1.82, 2.24) is 0 Å². The molecule has 0 N–H and O–H groups in total. The lowest BCUT2D eigenvalue weighted by Crippen LogP contribution is -2.08. The van der Waals surface area contributed by atoms with Gasteiger partial charge in [0.2, 0.25) is 0 Å². The molecule has 0 aliphatic rings. The molecule has 0 saturated carbocycles. The number of ether oxygens (including phenoxy) is 1. The van der Waals surface area contributed by atoms with Gasteiger partial charge >= 0.3 is 11.8 Å². The number of allylic oxidation sites excluding steroid dienone is 1. The van der Waals surface area contributed by atoms with E-state index in [1.54, 1.807) is 6.92 Å². The molecule has 1 aromatic heterocycles. The third kappa shape index (κ3) is 3.91. The molecule has 1 aromatic rings. The van der Waals surface area contributed by atoms with Gasteiger partial charge in [0.05, 0.1) is 0 Å². The smallest absolute Gasteiger partial charge is 0.454 e. The van der Waals surface area contributed by atoms with E-state index >= 15 is 0 Å². The maximum Gasteiger partial charge on any atom is 0.519 e. The van der Waals surface area contributed by atoms with Crippen LogP contribution in [-0.2, 0) is 16.1 Å². The summed E-state index contributed by atoms with van der Waals surface area (Å²) in [5.74, 6) is -0.566. The van der Waals surface area contributed by atoms with Crippen LogP contribution in [-0.4, -0.2) is 5.97 Å². The highest BCUT2D eigenvalue weighted by Crippen LogP contribution is 2.12. The van der Waals surface area contributed by atoms with Gasteiger partial charge in [-0.2, -0.15) is 0 Å². The van der Waals surface area contributed by atoms with Crippen LogP contribution in [0.15, 0.2) is 25.3 Å². The van der Waals surface area contributed by atoms with Gasteiger partial charge in [-0.15, -0.1) is 0 Å². The molecular weight excluding hydrogens is 236 g/mol. The van der Waals surface area contributed by atoms with Gasteiger partial charge in [-0.1, -0.05) is 26.3 Å². The van der Waals surface area contributed by atoms with Crippen molar-refractivity contribution in [3.63, 3.8) is 0 Å². The van der Waals surface area contributed by atoms with Gasteiger partial charge in [0.15, 0.2) is 18.1 Å². The summed E-state index contributed by atoms with van der Waals surface area (Å²) in [5, 5.41) is 0. The minimum atomic E-state index is -0.781. The van der Waals surface area contributed by atoms with Crippen LogP contribution in [0.25, 0.3) is 0 Å². The summed E-state index contributed by atoms with van der Waals surface area (Å²) in [7, 11) is 0. The van der Waals surface area contributed by atoms with Crippen LogP contribution >= 0.6 is 0 Å². The van der Waals surface area contributed by atoms with E-state index in [2.05, 4.69) is 4.42 Å². The fraction of sp³-hybridized carbons (Fsp3) is 0.538. The molecular formula is C13H18O5. The van der Waals surface area contributed by atoms with Crippen molar-refractivity contribution in [2.75, 3.05) is 0 Å². The summed E-state index contributed by atoms with van der Waals surface area (Å²) in [6.07, 6.45) is 4.19. The normalized spacial score (nSPS) is 11.6. The molecule has 0 unspecified atom stereocenters. The third-order valence-electron chi connectivity index (χ3n) is 2.40. The van der Waals surface area contributed by atoms with Crippen LogP contribution in [0.3, 0.4) is 0 Å². The summed E-state index contributed by atoms with van der Waals surface area (Å²) < 4.78 is 14.5. The van der Waals surface area contributed by atoms with E-state index in [0.29, 0.717) is 17.8 Å². The zero-order valence-electron chi connectivity index (χ0n) is 10.9. The standard InChI is InChI=1S/C13H18O5/c1-4-6-10(7-5-2)12(14)16-8-11-9(3)17-13(15)18-11/h6H,4-5,7-8H2,1-3H3. The highest BCUT2D eigenvalue weighted by molar-refractivity contribution is 5.88. The summed E-state index contributed by atoms with van der Waals surface area (Å²) in [5.41, 5.74) is 0.656. The number of esters is 1. The number of carbonyl (C=O) groups excluding carboxylic acids is 1. The van der Waals surface area contributed by atoms with Crippen molar-refractivity contribution in [3.8, 4) is 0 Å². The van der Waals surface area contributed by atoms with E-state index in [0.717, 1.165) is 12.8 Å². The first kappa shape index (κ1) is 14.3. The van der Waals surface area contributed by atoms with Gasteiger partial charge in [-0.05, 0) is 19.8 Å². The molecule has 1 heterocycles. The van der Waals surface area contributed by atoms with Crippen LogP contribution in [0.2, 0.25) is 0 Å². The van der Waals surface area contributed by atoms with Crippen molar-refractivity contribution >= 4 is 5.97 Å². The first-order chi connectivity index (χ1) is 8.58. The molecule has 0 bridgehead atoms. The first-order valence-electron chi connectivity index (χ1n) is 6.04. The van der Waals surface area contributed by atoms with E-state index in [4.69, 9.17) is 9.15 Å². The Hall–Kier alpha value is -1.78. The Morgan fingerprint density at radius 1 is 1.33 bits per heavy atom. The van der Waals surface area contributed by atoms with Crippen LogP contribution in [0, 0.1) is 6.92 Å². The van der Waals surface area contributed by atoms with E-state index in [9.17, 15) is 9.59 Å². The van der Waals surface area contributed by atoms with Gasteiger partial charge in [0.25, 0.3) is 0 Å². The van der Waals surface area contributed by atoms with Crippen molar-refractivity contribution < 1.29 is 18.4 Å². The molecule has 0 fully saturated rings. The number of carbonyl (C=O) groups is 1. The lowest BCUT2D eigenvalue weighted by molar-refractivity contribution is -0.141. The van der Waals surface area contributed by atoms with E-state index in [1.807, 2.05) is 19.9 Å². The maximum atomic E-state index is 11.8. The molecule has 0 spiro atoms. The molecule has 0 aliphatic carbocycles. The molecule has 18 heavy (non-hydrogen) atoms. The second kappa shape index (κ2) is 6.83. The number of rotatable bonds is 6. The second-order valence-electron chi connectivity index (χ2n) is 3.90. The molecule has 0 atom stereocenters. The molecule has 0 saturated heterocycles. The zero-order chi connectivity index (χ0) is 13.5. The Kier molecular flexibility index (Phi) is 5.42. The Morgan fingerprint density at radius 2 is 2.06 bits per heavy atom. The fourth-order valence-electron chi connectivity index (χ4n) is 1.53. The van der Waals surface area contributed by atoms with Crippen LogP contribution in [0.4, 0.5) is 0 Å². The largest absolute Gasteiger partial charge is 0.519 e. The first-order valence-corrected chi connectivity index (χ1v) is 6.04. The molecule has 0 amide bonds. The molecule has 0 aliphatic heterocycles. The quantitative estimate of drug-likeness (QED) is 0.576. The van der Waals surface area contributed by atoms with E-state index in [-0.39, 0.29) is 18.3 Å². The Balaban J connectivity index is 2.62. The molecule has 0 aromatic carbocycles. The highest BCUT2D eigenvalue weighted by Gasteiger charge is 2.14. The average molecular weight is 254 g/mol. The average Bonchev–Trinajstić information content (AvgIpc) is 2.64. The van der Waals surface area contributed by atoms with Crippen molar-refractivity contribution in [1.29, 1.82) is 0 Å². The predicted molar refractivity (Wildman–Crippen MR) is 65.1 cm³/mol. The fourth-order valence-corrected chi connectivity index (χ4v) is 1.53. The van der Waals surface area contributed by atoms with Crippen molar-refractivity contribution in [2.45, 2.75) is 46.6 Å². The monoisotopic (exact) mass is 254 g/mol. The molecule has 100 valence electrons. The van der Waals surface area contributed by atoms with Crippen LogP contribution < -0.4 is 5.82 Å². The second-order valence-corrected chi connectivity index (χ2v) is 3.90. The lowest BCUT2D eigenvalue weighted by Gasteiger charge is -2.06. The Labute approximate surface area is 105 Å². The number of hydrogen-bond acceptors (Lipinski definition) is 5. The lowest BCUT2D eigenvalue weighted by atomic mass is 10.1. The summed E-state index contributed by atoms with van der Waals surface area (Å²) in [4.78, 5) is 22.6. The number of hydrogen-bond donors (Lipinski definition) is 0. The van der Waals surface area contributed by atoms with Gasteiger partial charge < -0.3 is 13.6 Å². The van der Waals surface area contributed by atoms with Gasteiger partial charge in [0, 0.05) is 5.57 Å². The molecule has 1 rings (SSSR count). The topological polar surface area (TPSA) is 69.7 Å². The summed E-state index contributed by atoms with van der Waals surface area (Å²) >= 11 is 0. The Bertz CT molecular complexity index is 478. The minimum Gasteiger partial charge on any atom is -0.454 e. The Morgan fingerprint density at radius 3 is 2.56 bits per heavy atom. The van der Waals surface area contributed by atoms with Gasteiger partial charge in [0.1, 0.15) is 0 Å². The van der Waals surface area contributed by atoms with E-state index in [1.165, 1.54) is 0 Å². The SMILES string of the molecule is CCC=C(CCC)C(=O)OCc1oc(=O)oc1C. The molecule has 5 nitrogen and oxygen atoms in total.